The number of halogens is 2. The number of phenolic OH excluding ortho intramolecular Hbond substituents is 1. The quantitative estimate of drug-likeness (QED) is 0.366. The van der Waals surface area contributed by atoms with Gasteiger partial charge in [0.25, 0.3) is 0 Å². The summed E-state index contributed by atoms with van der Waals surface area (Å²) in [4.78, 5) is 12.2. The van der Waals surface area contributed by atoms with Crippen molar-refractivity contribution in [2.75, 3.05) is 11.8 Å². The number of aromatic hydroxyl groups is 1. The van der Waals surface area contributed by atoms with E-state index < -0.39 is 45.4 Å². The Morgan fingerprint density at radius 1 is 1.18 bits per heavy atom. The Morgan fingerprint density at radius 2 is 1.92 bits per heavy atom. The van der Waals surface area contributed by atoms with Gasteiger partial charge in [0.15, 0.2) is 17.4 Å². The average Bonchev–Trinajstić information content (AvgIpc) is 3.28. The summed E-state index contributed by atoms with van der Waals surface area (Å²) in [7, 11) is -3.00. The first kappa shape index (κ1) is 26.6. The molecule has 0 aliphatic carbocycles. The Hall–Kier alpha value is -4.42. The van der Waals surface area contributed by atoms with Gasteiger partial charge in [-0.1, -0.05) is 11.8 Å². The molecule has 15 heteroatoms. The van der Waals surface area contributed by atoms with Crippen LogP contribution >= 0.6 is 0 Å². The third-order valence-corrected chi connectivity index (χ3v) is 7.02. The summed E-state index contributed by atoms with van der Waals surface area (Å²) in [6, 6.07) is 3.65. The minimum absolute atomic E-state index is 0.0921. The molecular weight excluding hydrogens is 524 g/mol. The molecule has 0 saturated carbocycles. The summed E-state index contributed by atoms with van der Waals surface area (Å²) in [5.41, 5.74) is 5.95. The third kappa shape index (κ3) is 5.45. The van der Waals surface area contributed by atoms with E-state index in [9.17, 15) is 22.3 Å². The van der Waals surface area contributed by atoms with E-state index in [1.54, 1.807) is 6.92 Å². The van der Waals surface area contributed by atoms with Crippen LogP contribution in [0.1, 0.15) is 30.2 Å². The number of alkyl halides is 2. The Morgan fingerprint density at radius 3 is 2.55 bits per heavy atom. The third-order valence-electron chi connectivity index (χ3n) is 5.33. The molecule has 0 saturated heterocycles. The lowest BCUT2D eigenvalue weighted by atomic mass is 10.2. The second-order valence-corrected chi connectivity index (χ2v) is 9.94. The molecule has 2 atom stereocenters. The highest BCUT2D eigenvalue weighted by molar-refractivity contribution is 7.93. The van der Waals surface area contributed by atoms with Crippen molar-refractivity contribution in [3.05, 3.63) is 65.5 Å². The normalized spacial score (nSPS) is 14.4. The van der Waals surface area contributed by atoms with Gasteiger partial charge in [0.05, 0.1) is 11.8 Å². The van der Waals surface area contributed by atoms with E-state index in [1.807, 2.05) is 0 Å². The van der Waals surface area contributed by atoms with E-state index in [2.05, 4.69) is 46.1 Å². The van der Waals surface area contributed by atoms with Gasteiger partial charge in [-0.05, 0) is 37.3 Å². The topological polar surface area (TPSA) is 154 Å². The van der Waals surface area contributed by atoms with E-state index in [1.165, 1.54) is 57.0 Å². The van der Waals surface area contributed by atoms with Crippen LogP contribution in [0.15, 0.2) is 53.2 Å². The van der Waals surface area contributed by atoms with Gasteiger partial charge in [0.1, 0.15) is 22.8 Å². The van der Waals surface area contributed by atoms with Crippen molar-refractivity contribution in [1.29, 1.82) is 0 Å². The lowest BCUT2D eigenvalue weighted by Gasteiger charge is -2.22. The van der Waals surface area contributed by atoms with Gasteiger partial charge in [-0.3, -0.25) is 14.3 Å². The van der Waals surface area contributed by atoms with Crippen LogP contribution in [0.3, 0.4) is 0 Å². The van der Waals surface area contributed by atoms with Crippen LogP contribution in [0.4, 0.5) is 14.7 Å². The Bertz CT molecular complexity index is 1580. The number of rotatable bonds is 10. The summed E-state index contributed by atoms with van der Waals surface area (Å²) in [5, 5.41) is 17.3. The Kier molecular flexibility index (Phi) is 7.65. The monoisotopic (exact) mass is 545 g/mol. The second kappa shape index (κ2) is 10.9. The molecule has 12 nitrogen and oxygen atoms in total. The van der Waals surface area contributed by atoms with Gasteiger partial charge in [0, 0.05) is 25.7 Å². The minimum Gasteiger partial charge on any atom is -0.506 e. The molecule has 1 aliphatic heterocycles. The highest BCUT2D eigenvalue weighted by Crippen LogP contribution is 2.37. The number of benzene rings is 1. The number of aryl methyl sites for hydroxylation is 1. The van der Waals surface area contributed by atoms with Crippen molar-refractivity contribution in [2.45, 2.75) is 31.8 Å². The number of anilines is 1. The number of hydrogen-bond acceptors (Lipinski definition) is 10. The predicted octanol–water partition coefficient (Wildman–Crippen LogP) is 2.93. The number of phenols is 1. The maximum absolute atomic E-state index is 13.4. The zero-order valence-electron chi connectivity index (χ0n) is 20.2. The molecule has 0 fully saturated rings. The van der Waals surface area contributed by atoms with Crippen molar-refractivity contribution in [1.82, 2.24) is 24.7 Å². The van der Waals surface area contributed by atoms with Gasteiger partial charge < -0.3 is 14.6 Å². The number of hydrogen-bond donors (Lipinski definition) is 2. The van der Waals surface area contributed by atoms with Crippen molar-refractivity contribution in [3.63, 3.8) is 0 Å². The second-order valence-electron chi connectivity index (χ2n) is 7.90. The predicted molar refractivity (Wildman–Crippen MR) is 132 cm³/mol. The fourth-order valence-electron chi connectivity index (χ4n) is 3.51. The first-order chi connectivity index (χ1) is 18.1. The number of aliphatic imine (C=N–C) groups is 1. The number of ether oxygens (including phenoxy) is 2. The standard InChI is InChI=1S/C23H21F2N7O5S/c1-13-10-27-20(28-11-13)19(36-3)14(2)38(34,35)31-23-30-29-21(15-6-5-9-26-12-15)32(23)18-16(33)7-4-8-17(18)37-22(24)25/h4,7-12,14,19,22,33H,1-3H3,(H,30,31)/t14-,19-/m0/s1. The maximum Gasteiger partial charge on any atom is 0.387 e. The molecule has 198 valence electrons. The molecule has 3 aromatic rings. The lowest BCUT2D eigenvalue weighted by molar-refractivity contribution is -0.0499. The molecule has 2 N–H and O–H groups in total. The van der Waals surface area contributed by atoms with Gasteiger partial charge in [-0.15, -0.1) is 10.2 Å². The van der Waals surface area contributed by atoms with Gasteiger partial charge >= 0.3 is 6.61 Å². The Balaban J connectivity index is 1.83. The SMILES string of the molecule is CO[C@H](c1ncc(C)cn1)[C@H](C)S(=O)(=O)Nc1nnc(C2=C=C=CN=C2)n1-c1c(O)cccc1OC(F)F. The van der Waals surface area contributed by atoms with Crippen LogP contribution in [0.25, 0.3) is 11.3 Å². The van der Waals surface area contributed by atoms with Crippen molar-refractivity contribution >= 4 is 27.8 Å². The largest absolute Gasteiger partial charge is 0.506 e. The number of nitrogens with one attached hydrogen (secondary N) is 1. The molecule has 4 rings (SSSR count). The van der Waals surface area contributed by atoms with E-state index in [-0.39, 0.29) is 22.9 Å². The molecular formula is C23H21F2N7O5S. The molecule has 0 spiro atoms. The van der Waals surface area contributed by atoms with Crippen molar-refractivity contribution < 1.29 is 31.8 Å². The molecule has 0 radical (unpaired) electrons. The molecule has 3 heterocycles. The fourth-order valence-corrected chi connectivity index (χ4v) is 4.64. The van der Waals surface area contributed by atoms with E-state index >= 15 is 0 Å². The van der Waals surface area contributed by atoms with E-state index in [4.69, 9.17) is 4.74 Å². The molecule has 2 aromatic heterocycles. The van der Waals surface area contributed by atoms with Crippen molar-refractivity contribution in [2.24, 2.45) is 4.99 Å². The summed E-state index contributed by atoms with van der Waals surface area (Å²) >= 11 is 0. The fraction of sp³-hybridized carbons (Fsp3) is 0.261. The zero-order chi connectivity index (χ0) is 27.4. The van der Waals surface area contributed by atoms with E-state index in [0.717, 1.165) is 10.1 Å². The highest BCUT2D eigenvalue weighted by atomic mass is 32.2. The van der Waals surface area contributed by atoms with Crippen molar-refractivity contribution in [3.8, 4) is 17.2 Å². The maximum atomic E-state index is 13.4. The summed E-state index contributed by atoms with van der Waals surface area (Å²) in [6.45, 7) is -0.0950. The van der Waals surface area contributed by atoms with E-state index in [0.29, 0.717) is 0 Å². The van der Waals surface area contributed by atoms with Gasteiger partial charge in [-0.2, -0.15) is 8.78 Å². The number of methoxy groups -OCH3 is 1. The van der Waals surface area contributed by atoms with Gasteiger partial charge in [0.2, 0.25) is 16.0 Å². The first-order valence-electron chi connectivity index (χ1n) is 10.9. The summed E-state index contributed by atoms with van der Waals surface area (Å²) in [6.07, 6.45) is 4.61. The van der Waals surface area contributed by atoms with Crippen LogP contribution in [-0.4, -0.2) is 63.4 Å². The minimum atomic E-state index is -4.31. The highest BCUT2D eigenvalue weighted by Gasteiger charge is 2.35. The van der Waals surface area contributed by atoms with Crippen LogP contribution in [-0.2, 0) is 14.8 Å². The number of sulfonamides is 1. The first-order valence-corrected chi connectivity index (χ1v) is 12.5. The molecule has 38 heavy (non-hydrogen) atoms. The molecule has 1 aliphatic rings. The summed E-state index contributed by atoms with van der Waals surface area (Å²) in [5.74, 6) is -1.39. The molecule has 0 bridgehead atoms. The Labute approximate surface area is 215 Å². The lowest BCUT2D eigenvalue weighted by Crippen LogP contribution is -2.33. The molecule has 1 aromatic carbocycles. The van der Waals surface area contributed by atoms with Gasteiger partial charge in [-0.25, -0.2) is 18.4 Å². The number of allylic oxidation sites excluding steroid dienone is 1. The molecule has 0 unspecified atom stereocenters. The zero-order valence-corrected chi connectivity index (χ0v) is 21.0. The van der Waals surface area contributed by atoms with Crippen LogP contribution in [0.5, 0.6) is 11.5 Å². The van der Waals surface area contributed by atoms with Crippen LogP contribution < -0.4 is 9.46 Å². The van der Waals surface area contributed by atoms with Crippen LogP contribution in [0.2, 0.25) is 0 Å². The molecule has 0 amide bonds. The average molecular weight is 546 g/mol. The van der Waals surface area contributed by atoms with Crippen LogP contribution in [0, 0.1) is 6.92 Å². The summed E-state index contributed by atoms with van der Waals surface area (Å²) < 4.78 is 66.5. The number of aromatic nitrogens is 5. The number of nitrogens with zero attached hydrogens (tertiary/aromatic N) is 6. The smallest absolute Gasteiger partial charge is 0.387 e. The number of para-hydroxylation sites is 1.